The molecule has 3 aliphatic rings. The molecule has 3 amide bonds. The minimum Gasteiger partial charge on any atom is -0.466 e. The maximum absolute atomic E-state index is 13.3. The molecule has 3 atom stereocenters. The van der Waals surface area contributed by atoms with Crippen molar-refractivity contribution >= 4 is 29.4 Å². The number of amides is 3. The average molecular weight is 410 g/mol. The molecule has 1 spiro atoms. The van der Waals surface area contributed by atoms with Crippen LogP contribution in [0.3, 0.4) is 0 Å². The van der Waals surface area contributed by atoms with Crippen molar-refractivity contribution < 1.29 is 41.8 Å². The first-order valence-electron chi connectivity index (χ1n) is 8.36. The third kappa shape index (κ3) is 2.39. The largest absolute Gasteiger partial charge is 0.573 e. The number of imide groups is 1. The van der Waals surface area contributed by atoms with E-state index in [1.807, 2.05) is 0 Å². The maximum Gasteiger partial charge on any atom is 0.573 e. The van der Waals surface area contributed by atoms with Gasteiger partial charge in [-0.1, -0.05) is 6.08 Å². The summed E-state index contributed by atoms with van der Waals surface area (Å²) in [6, 6.07) is 3.20. The lowest BCUT2D eigenvalue weighted by Crippen LogP contribution is -2.49. The fourth-order valence-electron chi connectivity index (χ4n) is 4.42. The number of hydrogen-bond acceptors (Lipinski definition) is 6. The molecule has 1 saturated heterocycles. The van der Waals surface area contributed by atoms with Gasteiger partial charge in [-0.15, -0.1) is 13.2 Å². The molecule has 1 N–H and O–H groups in total. The summed E-state index contributed by atoms with van der Waals surface area (Å²) in [5, 5.41) is 2.11. The molecule has 1 aromatic carbocycles. The number of nitrogens with zero attached hydrogens (tertiary/aromatic N) is 1. The van der Waals surface area contributed by atoms with Crippen LogP contribution in [0.25, 0.3) is 0 Å². The number of anilines is 1. The first-order chi connectivity index (χ1) is 13.5. The van der Waals surface area contributed by atoms with Crippen molar-refractivity contribution in [2.45, 2.75) is 11.8 Å². The lowest BCUT2D eigenvalue weighted by Gasteiger charge is -2.30. The van der Waals surface area contributed by atoms with Crippen molar-refractivity contribution in [1.82, 2.24) is 5.32 Å². The average Bonchev–Trinajstić information content (AvgIpc) is 3.21. The normalized spacial score (nSPS) is 27.7. The Hall–Kier alpha value is -3.37. The number of esters is 1. The van der Waals surface area contributed by atoms with Crippen LogP contribution in [0.1, 0.15) is 5.56 Å². The van der Waals surface area contributed by atoms with Crippen LogP contribution in [0.4, 0.5) is 18.9 Å². The van der Waals surface area contributed by atoms with Gasteiger partial charge in [-0.25, -0.2) is 4.79 Å². The smallest absolute Gasteiger partial charge is 0.466 e. The van der Waals surface area contributed by atoms with Crippen LogP contribution < -0.4 is 15.0 Å². The molecule has 1 fully saturated rings. The second-order valence-corrected chi connectivity index (χ2v) is 6.83. The standard InChI is InChI=1S/C18H13F3N2O6/c1-23-11-4-3-7(29-18(19,20)21)5-9(11)17(16(23)27)10(15(26)28-2)6-8-12(17)14(25)22-13(8)24/h3-6,8,12H,1-2H3,(H,22,24,25)/t8-,12+,17+/m0/s1. The molecule has 0 aromatic heterocycles. The van der Waals surface area contributed by atoms with Crippen LogP contribution in [0.5, 0.6) is 5.75 Å². The predicted octanol–water partition coefficient (Wildman–Crippen LogP) is 0.801. The van der Waals surface area contributed by atoms with E-state index in [1.165, 1.54) is 19.2 Å². The summed E-state index contributed by atoms with van der Waals surface area (Å²) >= 11 is 0. The van der Waals surface area contributed by atoms with Crippen LogP contribution in [0.15, 0.2) is 29.8 Å². The molecular formula is C18H13F3N2O6. The highest BCUT2D eigenvalue weighted by atomic mass is 19.4. The summed E-state index contributed by atoms with van der Waals surface area (Å²) < 4.78 is 46.8. The Labute approximate surface area is 161 Å². The van der Waals surface area contributed by atoms with Gasteiger partial charge in [0, 0.05) is 18.3 Å². The van der Waals surface area contributed by atoms with Gasteiger partial charge in [0.2, 0.25) is 17.7 Å². The summed E-state index contributed by atoms with van der Waals surface area (Å²) in [5.41, 5.74) is -2.12. The highest BCUT2D eigenvalue weighted by Gasteiger charge is 2.69. The molecule has 0 radical (unpaired) electrons. The predicted molar refractivity (Wildman–Crippen MR) is 88.4 cm³/mol. The Bertz CT molecular complexity index is 1020. The number of fused-ring (bicyclic) bond motifs is 4. The molecule has 2 heterocycles. The number of carbonyl (C=O) groups excluding carboxylic acids is 4. The number of benzene rings is 1. The molecule has 1 aliphatic carbocycles. The van der Waals surface area contributed by atoms with Gasteiger partial charge in [-0.05, 0) is 18.2 Å². The van der Waals surface area contributed by atoms with Crippen molar-refractivity contribution in [3.8, 4) is 5.75 Å². The molecule has 29 heavy (non-hydrogen) atoms. The van der Waals surface area contributed by atoms with Crippen LogP contribution in [0, 0.1) is 11.8 Å². The summed E-state index contributed by atoms with van der Waals surface area (Å²) in [7, 11) is 2.41. The minimum absolute atomic E-state index is 0.0410. The third-order valence-corrected chi connectivity index (χ3v) is 5.46. The maximum atomic E-state index is 13.3. The van der Waals surface area contributed by atoms with E-state index in [4.69, 9.17) is 4.74 Å². The fourth-order valence-corrected chi connectivity index (χ4v) is 4.42. The Morgan fingerprint density at radius 3 is 2.52 bits per heavy atom. The molecule has 11 heteroatoms. The SMILES string of the molecule is COC(=O)C1=C[C@@H]2C(=O)NC(=O)[C@@H]2[C@]12C(=O)N(C)c1ccc(OC(F)(F)F)cc12. The molecule has 1 aromatic rings. The fraction of sp³-hybridized carbons (Fsp3) is 0.333. The lowest BCUT2D eigenvalue weighted by atomic mass is 9.67. The zero-order valence-corrected chi connectivity index (χ0v) is 15.0. The van der Waals surface area contributed by atoms with Crippen LogP contribution in [0.2, 0.25) is 0 Å². The van der Waals surface area contributed by atoms with Crippen molar-refractivity contribution in [1.29, 1.82) is 0 Å². The molecule has 152 valence electrons. The molecule has 2 aliphatic heterocycles. The van der Waals surface area contributed by atoms with Crippen molar-refractivity contribution in [3.63, 3.8) is 0 Å². The van der Waals surface area contributed by atoms with Crippen molar-refractivity contribution in [3.05, 3.63) is 35.4 Å². The Morgan fingerprint density at radius 2 is 1.90 bits per heavy atom. The highest BCUT2D eigenvalue weighted by molar-refractivity contribution is 6.22. The number of likely N-dealkylation sites (N-methyl/N-ethyl adjacent to an activating group) is 1. The molecular weight excluding hydrogens is 397 g/mol. The topological polar surface area (TPSA) is 102 Å². The number of hydrogen-bond donors (Lipinski definition) is 1. The van der Waals surface area contributed by atoms with Gasteiger partial charge in [0.15, 0.2) is 0 Å². The van der Waals surface area contributed by atoms with Gasteiger partial charge in [0.25, 0.3) is 0 Å². The molecule has 8 nitrogen and oxygen atoms in total. The molecule has 0 saturated carbocycles. The van der Waals surface area contributed by atoms with E-state index in [0.29, 0.717) is 0 Å². The van der Waals surface area contributed by atoms with E-state index >= 15 is 0 Å². The van der Waals surface area contributed by atoms with Gasteiger partial charge in [0.05, 0.1) is 24.5 Å². The Kier molecular flexibility index (Phi) is 3.80. The number of rotatable bonds is 2. The zero-order valence-electron chi connectivity index (χ0n) is 15.0. The number of methoxy groups -OCH3 is 1. The number of alkyl halides is 3. The van der Waals surface area contributed by atoms with Crippen LogP contribution in [-0.4, -0.2) is 44.2 Å². The van der Waals surface area contributed by atoms with E-state index in [2.05, 4.69) is 10.1 Å². The number of halogens is 3. The quantitative estimate of drug-likeness (QED) is 0.572. The van der Waals surface area contributed by atoms with E-state index in [0.717, 1.165) is 24.1 Å². The highest BCUT2D eigenvalue weighted by Crippen LogP contribution is 2.58. The van der Waals surface area contributed by atoms with Crippen LogP contribution >= 0.6 is 0 Å². The van der Waals surface area contributed by atoms with E-state index in [-0.39, 0.29) is 16.8 Å². The van der Waals surface area contributed by atoms with Gasteiger partial charge < -0.3 is 14.4 Å². The summed E-state index contributed by atoms with van der Waals surface area (Å²) in [5.74, 6) is -6.29. The number of carbonyl (C=O) groups is 4. The monoisotopic (exact) mass is 410 g/mol. The van der Waals surface area contributed by atoms with Gasteiger partial charge in [-0.2, -0.15) is 0 Å². The molecule has 4 rings (SSSR count). The first-order valence-corrected chi connectivity index (χ1v) is 8.36. The Morgan fingerprint density at radius 1 is 1.21 bits per heavy atom. The third-order valence-electron chi connectivity index (χ3n) is 5.46. The Balaban J connectivity index is 1.99. The van der Waals surface area contributed by atoms with E-state index in [9.17, 15) is 32.3 Å². The van der Waals surface area contributed by atoms with Crippen LogP contribution in [-0.2, 0) is 29.3 Å². The second kappa shape index (κ2) is 5.82. The summed E-state index contributed by atoms with van der Waals surface area (Å²) in [6.45, 7) is 0. The van der Waals surface area contributed by atoms with Gasteiger partial charge >= 0.3 is 12.3 Å². The van der Waals surface area contributed by atoms with Gasteiger partial charge in [-0.3, -0.25) is 19.7 Å². The lowest BCUT2D eigenvalue weighted by molar-refractivity contribution is -0.274. The van der Waals surface area contributed by atoms with E-state index < -0.39 is 53.1 Å². The summed E-state index contributed by atoms with van der Waals surface area (Å²) in [6.07, 6.45) is -3.81. The van der Waals surface area contributed by atoms with Gasteiger partial charge in [0.1, 0.15) is 11.2 Å². The molecule has 0 bridgehead atoms. The van der Waals surface area contributed by atoms with Crippen molar-refractivity contribution in [2.24, 2.45) is 11.8 Å². The minimum atomic E-state index is -4.99. The summed E-state index contributed by atoms with van der Waals surface area (Å²) in [4.78, 5) is 51.7. The van der Waals surface area contributed by atoms with E-state index in [1.54, 1.807) is 0 Å². The number of ether oxygens (including phenoxy) is 2. The number of nitrogens with one attached hydrogen (secondary N) is 1. The first kappa shape index (κ1) is 19.0. The second-order valence-electron chi connectivity index (χ2n) is 6.83. The molecule has 0 unspecified atom stereocenters. The zero-order chi connectivity index (χ0) is 21.3. The van der Waals surface area contributed by atoms with Crippen molar-refractivity contribution in [2.75, 3.05) is 19.1 Å².